The molecule has 0 atom stereocenters. The summed E-state index contributed by atoms with van der Waals surface area (Å²) in [6, 6.07) is 20.4. The number of carboxylic acids is 1. The van der Waals surface area contributed by atoms with E-state index in [1.54, 1.807) is 29.2 Å². The van der Waals surface area contributed by atoms with E-state index in [0.717, 1.165) is 33.6 Å². The Morgan fingerprint density at radius 3 is 2.19 bits per heavy atom. The molecule has 0 unspecified atom stereocenters. The van der Waals surface area contributed by atoms with Gasteiger partial charge < -0.3 is 5.11 Å². The second kappa shape index (κ2) is 7.77. The van der Waals surface area contributed by atoms with Gasteiger partial charge in [-0.2, -0.15) is 0 Å². The van der Waals surface area contributed by atoms with Gasteiger partial charge in [0.05, 0.1) is 11.3 Å². The van der Waals surface area contributed by atoms with Gasteiger partial charge in [-0.1, -0.05) is 49.5 Å². The van der Waals surface area contributed by atoms with Gasteiger partial charge in [-0.3, -0.25) is 9.69 Å². The zero-order valence-corrected chi connectivity index (χ0v) is 17.8. The normalized spacial score (nSPS) is 14.4. The van der Waals surface area contributed by atoms with Crippen LogP contribution in [0.2, 0.25) is 0 Å². The van der Waals surface area contributed by atoms with E-state index in [4.69, 9.17) is 5.11 Å². The number of hydrogen-bond donors (Lipinski definition) is 1. The van der Waals surface area contributed by atoms with Gasteiger partial charge in [0.2, 0.25) is 5.91 Å². The monoisotopic (exact) mass is 409 g/mol. The quantitative estimate of drug-likeness (QED) is 0.574. The van der Waals surface area contributed by atoms with E-state index >= 15 is 0 Å². The summed E-state index contributed by atoms with van der Waals surface area (Å²) in [6.45, 7) is 6.20. The average molecular weight is 409 g/mol. The van der Waals surface area contributed by atoms with Gasteiger partial charge >= 0.3 is 5.97 Å². The molecule has 0 aromatic heterocycles. The number of carbonyl (C=O) groups is 2. The Labute approximate surface area is 182 Å². The van der Waals surface area contributed by atoms with Crippen molar-refractivity contribution in [2.75, 3.05) is 4.90 Å². The van der Waals surface area contributed by atoms with Crippen LogP contribution >= 0.6 is 0 Å². The highest BCUT2D eigenvalue weighted by Gasteiger charge is 2.37. The van der Waals surface area contributed by atoms with Gasteiger partial charge in [-0.05, 0) is 61.0 Å². The molecule has 4 nitrogen and oxygen atoms in total. The zero-order valence-electron chi connectivity index (χ0n) is 17.8. The summed E-state index contributed by atoms with van der Waals surface area (Å²) >= 11 is 0. The predicted octanol–water partition coefficient (Wildman–Crippen LogP) is 5.44. The first-order valence-corrected chi connectivity index (χ1v) is 10.1. The number of rotatable bonds is 2. The van der Waals surface area contributed by atoms with Crippen molar-refractivity contribution in [2.24, 2.45) is 0 Å². The van der Waals surface area contributed by atoms with Crippen molar-refractivity contribution in [1.82, 2.24) is 0 Å². The van der Waals surface area contributed by atoms with Crippen molar-refractivity contribution in [1.29, 1.82) is 0 Å². The molecule has 3 aromatic rings. The summed E-state index contributed by atoms with van der Waals surface area (Å²) in [5.41, 5.74) is 5.46. The van der Waals surface area contributed by atoms with Crippen molar-refractivity contribution in [3.05, 3.63) is 94.5 Å². The maximum absolute atomic E-state index is 13.1. The second-order valence-corrected chi connectivity index (χ2v) is 8.49. The molecule has 0 saturated carbocycles. The predicted molar refractivity (Wildman–Crippen MR) is 122 cm³/mol. The summed E-state index contributed by atoms with van der Waals surface area (Å²) in [4.78, 5) is 25.9. The summed E-state index contributed by atoms with van der Waals surface area (Å²) in [7, 11) is 0. The number of nitrogens with zero attached hydrogens (tertiary/aromatic N) is 1. The molecule has 1 aliphatic heterocycles. The summed E-state index contributed by atoms with van der Waals surface area (Å²) < 4.78 is 0. The molecule has 154 valence electrons. The minimum atomic E-state index is -0.960. The van der Waals surface area contributed by atoms with Gasteiger partial charge in [0.25, 0.3) is 0 Å². The highest BCUT2D eigenvalue weighted by atomic mass is 16.4. The molecule has 0 bridgehead atoms. The van der Waals surface area contributed by atoms with Crippen LogP contribution in [0.1, 0.15) is 52.9 Å². The minimum absolute atomic E-state index is 0.0655. The molecule has 4 heteroatoms. The Kier molecular flexibility index (Phi) is 5.12. The lowest BCUT2D eigenvalue weighted by atomic mass is 9.76. The number of fused-ring (bicyclic) bond motifs is 1. The first kappa shape index (κ1) is 20.4. The van der Waals surface area contributed by atoms with Crippen molar-refractivity contribution >= 4 is 23.3 Å². The Balaban J connectivity index is 1.75. The third kappa shape index (κ3) is 4.08. The molecule has 1 amide bonds. The molecule has 0 aliphatic carbocycles. The van der Waals surface area contributed by atoms with E-state index in [1.165, 1.54) is 0 Å². The molecule has 0 fully saturated rings. The largest absolute Gasteiger partial charge is 0.478 e. The van der Waals surface area contributed by atoms with Gasteiger partial charge in [-0.25, -0.2) is 4.79 Å². The van der Waals surface area contributed by atoms with Crippen LogP contribution in [0.5, 0.6) is 0 Å². The fourth-order valence-corrected chi connectivity index (χ4v) is 3.87. The standard InChI is InChI=1S/C27H23NO3/c1-18-4-13-22(14-5-18)28-24-16-20(10-15-23(24)27(2,3)17-25(28)29)7-6-19-8-11-21(12-9-19)26(30)31/h4-5,8-16H,17H2,1-3H3,(H,30,31). The van der Waals surface area contributed by atoms with Crippen LogP contribution in [-0.4, -0.2) is 17.0 Å². The van der Waals surface area contributed by atoms with Crippen LogP contribution in [0.4, 0.5) is 11.4 Å². The Morgan fingerprint density at radius 1 is 0.935 bits per heavy atom. The molecule has 0 radical (unpaired) electrons. The van der Waals surface area contributed by atoms with Crippen LogP contribution in [0.15, 0.2) is 66.7 Å². The van der Waals surface area contributed by atoms with Crippen LogP contribution in [0.25, 0.3) is 0 Å². The molecule has 3 aromatic carbocycles. The molecular formula is C27H23NO3. The van der Waals surface area contributed by atoms with Gasteiger partial charge in [0, 0.05) is 28.7 Å². The highest BCUT2D eigenvalue weighted by molar-refractivity contribution is 6.04. The molecule has 31 heavy (non-hydrogen) atoms. The average Bonchev–Trinajstić information content (AvgIpc) is 2.73. The van der Waals surface area contributed by atoms with Crippen LogP contribution < -0.4 is 4.90 Å². The van der Waals surface area contributed by atoms with Crippen LogP contribution in [-0.2, 0) is 10.2 Å². The Bertz CT molecular complexity index is 1230. The molecule has 4 rings (SSSR count). The third-order valence-electron chi connectivity index (χ3n) is 5.59. The zero-order chi connectivity index (χ0) is 22.2. The molecule has 1 N–H and O–H groups in total. The third-order valence-corrected chi connectivity index (χ3v) is 5.59. The van der Waals surface area contributed by atoms with Crippen molar-refractivity contribution in [2.45, 2.75) is 32.6 Å². The minimum Gasteiger partial charge on any atom is -0.478 e. The molecule has 0 saturated heterocycles. The van der Waals surface area contributed by atoms with E-state index in [0.29, 0.717) is 6.42 Å². The molecular weight excluding hydrogens is 386 g/mol. The number of anilines is 2. The lowest BCUT2D eigenvalue weighted by molar-refractivity contribution is -0.119. The number of carboxylic acid groups (broad SMARTS) is 1. The number of amides is 1. The van der Waals surface area contributed by atoms with E-state index < -0.39 is 5.97 Å². The summed E-state index contributed by atoms with van der Waals surface area (Å²) in [5, 5.41) is 9.03. The number of aryl methyl sites for hydroxylation is 1. The SMILES string of the molecule is Cc1ccc(N2C(=O)CC(C)(C)c3ccc(C#Cc4ccc(C(=O)O)cc4)cc32)cc1. The van der Waals surface area contributed by atoms with Gasteiger partial charge in [-0.15, -0.1) is 0 Å². The van der Waals surface area contributed by atoms with Gasteiger partial charge in [0.15, 0.2) is 0 Å². The number of carbonyl (C=O) groups excluding carboxylic acids is 1. The maximum atomic E-state index is 13.1. The maximum Gasteiger partial charge on any atom is 0.335 e. The Hall–Kier alpha value is -3.84. The van der Waals surface area contributed by atoms with E-state index in [9.17, 15) is 9.59 Å². The Morgan fingerprint density at radius 2 is 1.55 bits per heavy atom. The molecule has 1 aliphatic rings. The van der Waals surface area contributed by atoms with Crippen molar-refractivity contribution < 1.29 is 14.7 Å². The fraction of sp³-hybridized carbons (Fsp3) is 0.185. The first-order chi connectivity index (χ1) is 14.7. The van der Waals surface area contributed by atoms with Crippen molar-refractivity contribution in [3.63, 3.8) is 0 Å². The fourth-order valence-electron chi connectivity index (χ4n) is 3.87. The number of aromatic carboxylic acids is 1. The smallest absolute Gasteiger partial charge is 0.335 e. The molecule has 0 spiro atoms. The summed E-state index contributed by atoms with van der Waals surface area (Å²) in [5.74, 6) is 5.33. The number of benzene rings is 3. The summed E-state index contributed by atoms with van der Waals surface area (Å²) in [6.07, 6.45) is 0.439. The number of hydrogen-bond acceptors (Lipinski definition) is 2. The van der Waals surface area contributed by atoms with E-state index in [-0.39, 0.29) is 16.9 Å². The van der Waals surface area contributed by atoms with Gasteiger partial charge in [0.1, 0.15) is 0 Å². The van der Waals surface area contributed by atoms with Crippen molar-refractivity contribution in [3.8, 4) is 11.8 Å². The lowest BCUT2D eigenvalue weighted by Gasteiger charge is -2.38. The van der Waals surface area contributed by atoms with E-state index in [1.807, 2.05) is 43.3 Å². The second-order valence-electron chi connectivity index (χ2n) is 8.49. The van der Waals surface area contributed by atoms with Crippen LogP contribution in [0.3, 0.4) is 0 Å². The highest BCUT2D eigenvalue weighted by Crippen LogP contribution is 2.43. The topological polar surface area (TPSA) is 57.6 Å². The molecule has 1 heterocycles. The first-order valence-electron chi connectivity index (χ1n) is 10.1. The lowest BCUT2D eigenvalue weighted by Crippen LogP contribution is -2.39. The van der Waals surface area contributed by atoms with Crippen LogP contribution in [0, 0.1) is 18.8 Å². The van der Waals surface area contributed by atoms with E-state index in [2.05, 4.69) is 31.8 Å².